The Bertz CT molecular complexity index is 657. The first kappa shape index (κ1) is 18.9. The number of ether oxygens (including phenoxy) is 1. The van der Waals surface area contributed by atoms with Gasteiger partial charge in [0.15, 0.2) is 0 Å². The van der Waals surface area contributed by atoms with Crippen LogP contribution < -0.4 is 10.5 Å². The van der Waals surface area contributed by atoms with Crippen molar-refractivity contribution in [3.8, 4) is 5.75 Å². The van der Waals surface area contributed by atoms with Crippen LogP contribution in [-0.2, 0) is 10.2 Å². The number of nitrogens with zero attached hydrogens (tertiary/aromatic N) is 1. The van der Waals surface area contributed by atoms with Gasteiger partial charge in [0.2, 0.25) is 5.91 Å². The molecule has 0 unspecified atom stereocenters. The van der Waals surface area contributed by atoms with Gasteiger partial charge in [-0.15, -0.1) is 0 Å². The zero-order valence-corrected chi connectivity index (χ0v) is 15.8. The molecule has 0 atom stereocenters. The Morgan fingerprint density at radius 3 is 2.19 bits per heavy atom. The lowest BCUT2D eigenvalue weighted by Gasteiger charge is -2.53. The number of nitrogens with two attached hydrogens (primary N) is 1. The summed E-state index contributed by atoms with van der Waals surface area (Å²) in [6.45, 7) is 0.331. The molecule has 3 saturated carbocycles. The molecule has 0 aromatic heterocycles. The summed E-state index contributed by atoms with van der Waals surface area (Å²) in [7, 11) is 3.72. The highest BCUT2D eigenvalue weighted by Gasteiger charge is 2.53. The third-order valence-electron chi connectivity index (χ3n) is 6.41. The van der Waals surface area contributed by atoms with E-state index in [1.165, 1.54) is 5.56 Å². The van der Waals surface area contributed by atoms with Crippen molar-refractivity contribution in [1.82, 2.24) is 4.90 Å². The van der Waals surface area contributed by atoms with E-state index in [1.807, 2.05) is 26.2 Å². The fraction of sp³-hybridized carbons (Fsp3) is 0.571. The number of hydrogen-bond acceptors (Lipinski definition) is 3. The topological polar surface area (TPSA) is 55.6 Å². The molecule has 4 rings (SSSR count). The minimum Gasteiger partial charge on any atom is -0.489 e. The van der Waals surface area contributed by atoms with Crippen molar-refractivity contribution >= 4 is 5.91 Å². The van der Waals surface area contributed by atoms with E-state index in [0.29, 0.717) is 17.8 Å². The molecule has 1 aromatic rings. The number of carbonyl (C=O) groups excluding carboxylic acids is 1. The summed E-state index contributed by atoms with van der Waals surface area (Å²) in [4.78, 5) is 14.4. The molecule has 3 aliphatic carbocycles. The van der Waals surface area contributed by atoms with Crippen LogP contribution in [0.2, 0.25) is 0 Å². The Balaban J connectivity index is 1.67. The molecule has 1 amide bonds. The Labute approximate surface area is 155 Å². The second-order valence-corrected chi connectivity index (χ2v) is 8.04. The average molecular weight is 360 g/mol. The van der Waals surface area contributed by atoms with Crippen molar-refractivity contribution in [1.29, 1.82) is 0 Å². The van der Waals surface area contributed by atoms with Crippen LogP contribution in [-0.4, -0.2) is 38.1 Å². The van der Waals surface area contributed by atoms with Crippen LogP contribution in [0.5, 0.6) is 5.75 Å². The van der Waals surface area contributed by atoms with Crippen LogP contribution in [0.4, 0.5) is 4.39 Å². The Hall–Kier alpha value is -1.88. The molecule has 0 heterocycles. The second-order valence-electron chi connectivity index (χ2n) is 8.04. The van der Waals surface area contributed by atoms with E-state index in [1.54, 1.807) is 4.90 Å². The van der Waals surface area contributed by atoms with Crippen LogP contribution in [0.3, 0.4) is 0 Å². The predicted molar refractivity (Wildman–Crippen MR) is 101 cm³/mol. The molecule has 1 aromatic carbocycles. The van der Waals surface area contributed by atoms with Crippen molar-refractivity contribution in [3.05, 3.63) is 41.7 Å². The zero-order chi connectivity index (χ0) is 18.8. The molecule has 0 spiro atoms. The number of carbonyl (C=O) groups is 1. The lowest BCUT2D eigenvalue weighted by atomic mass is 9.51. The largest absolute Gasteiger partial charge is 0.489 e. The number of fused-ring (bicyclic) bond motifs is 3. The van der Waals surface area contributed by atoms with Crippen LogP contribution in [0.15, 0.2) is 36.2 Å². The standard InChI is InChI=1S/C21H29FN2O2/c1-24(2)19(25)21-10-7-20(8-11-21,9-12-21)17-3-5-18(6-4-17)26-15-16(13-22)14-23/h3-6,13H,7-12,14-15,23H2,1-2H3. The fourth-order valence-corrected chi connectivity index (χ4v) is 4.63. The van der Waals surface area contributed by atoms with Crippen molar-refractivity contribution in [2.45, 2.75) is 43.9 Å². The lowest BCUT2D eigenvalue weighted by Crippen LogP contribution is -2.51. The molecule has 142 valence electrons. The summed E-state index contributed by atoms with van der Waals surface area (Å²) in [5.41, 5.74) is 7.27. The van der Waals surface area contributed by atoms with E-state index >= 15 is 0 Å². The Kier molecular flexibility index (Phi) is 5.37. The van der Waals surface area contributed by atoms with Gasteiger partial charge in [0.1, 0.15) is 12.4 Å². The first-order valence-corrected chi connectivity index (χ1v) is 9.38. The van der Waals surface area contributed by atoms with E-state index in [2.05, 4.69) is 12.1 Å². The minimum absolute atomic E-state index is 0.133. The molecule has 26 heavy (non-hydrogen) atoms. The number of hydrogen-bond donors (Lipinski definition) is 1. The average Bonchev–Trinajstić information content (AvgIpc) is 2.70. The summed E-state index contributed by atoms with van der Waals surface area (Å²) >= 11 is 0. The molecule has 0 aliphatic heterocycles. The summed E-state index contributed by atoms with van der Waals surface area (Å²) in [6.07, 6.45) is 6.63. The quantitative estimate of drug-likeness (QED) is 0.844. The second kappa shape index (κ2) is 7.39. The van der Waals surface area contributed by atoms with Crippen LogP contribution in [0, 0.1) is 5.41 Å². The van der Waals surface area contributed by atoms with Gasteiger partial charge in [-0.05, 0) is 61.6 Å². The van der Waals surface area contributed by atoms with Gasteiger partial charge in [-0.1, -0.05) is 12.1 Å². The van der Waals surface area contributed by atoms with Gasteiger partial charge in [-0.25, -0.2) is 4.39 Å². The van der Waals surface area contributed by atoms with Gasteiger partial charge in [0, 0.05) is 31.6 Å². The smallest absolute Gasteiger partial charge is 0.228 e. The van der Waals surface area contributed by atoms with E-state index in [4.69, 9.17) is 10.5 Å². The van der Waals surface area contributed by atoms with Crippen molar-refractivity contribution in [3.63, 3.8) is 0 Å². The normalized spacial score (nSPS) is 28.1. The maximum Gasteiger partial charge on any atom is 0.228 e. The van der Waals surface area contributed by atoms with Gasteiger partial charge in [-0.2, -0.15) is 0 Å². The highest BCUT2D eigenvalue weighted by molar-refractivity contribution is 5.82. The summed E-state index contributed by atoms with van der Waals surface area (Å²) in [5, 5.41) is 0. The minimum atomic E-state index is -0.133. The maximum atomic E-state index is 12.6. The monoisotopic (exact) mass is 360 g/mol. The molecular weight excluding hydrogens is 331 g/mol. The molecule has 2 N–H and O–H groups in total. The lowest BCUT2D eigenvalue weighted by molar-refractivity contribution is -0.146. The van der Waals surface area contributed by atoms with Gasteiger partial charge in [-0.3, -0.25) is 4.79 Å². The Morgan fingerprint density at radius 1 is 1.15 bits per heavy atom. The van der Waals surface area contributed by atoms with E-state index in [9.17, 15) is 9.18 Å². The summed E-state index contributed by atoms with van der Waals surface area (Å²) in [6, 6.07) is 8.17. The zero-order valence-electron chi connectivity index (χ0n) is 15.8. The van der Waals surface area contributed by atoms with Gasteiger partial charge in [0.05, 0.1) is 6.33 Å². The fourth-order valence-electron chi connectivity index (χ4n) is 4.63. The highest BCUT2D eigenvalue weighted by atomic mass is 19.1. The first-order chi connectivity index (χ1) is 12.4. The molecule has 3 aliphatic rings. The van der Waals surface area contributed by atoms with Crippen molar-refractivity contribution in [2.75, 3.05) is 27.2 Å². The van der Waals surface area contributed by atoms with Gasteiger partial charge < -0.3 is 15.4 Å². The maximum absolute atomic E-state index is 12.6. The van der Waals surface area contributed by atoms with Crippen LogP contribution in [0.1, 0.15) is 44.1 Å². The van der Waals surface area contributed by atoms with Crippen LogP contribution >= 0.6 is 0 Å². The van der Waals surface area contributed by atoms with E-state index in [0.717, 1.165) is 44.3 Å². The van der Waals surface area contributed by atoms with Crippen LogP contribution in [0.25, 0.3) is 0 Å². The molecule has 3 fully saturated rings. The predicted octanol–water partition coefficient (Wildman–Crippen LogP) is 3.56. The van der Waals surface area contributed by atoms with Crippen molar-refractivity contribution in [2.24, 2.45) is 11.1 Å². The van der Waals surface area contributed by atoms with E-state index < -0.39 is 0 Å². The molecule has 2 bridgehead atoms. The molecule has 0 saturated heterocycles. The number of benzene rings is 1. The summed E-state index contributed by atoms with van der Waals surface area (Å²) < 4.78 is 18.2. The third-order valence-corrected chi connectivity index (χ3v) is 6.41. The Morgan fingerprint density at radius 2 is 1.73 bits per heavy atom. The molecule has 0 radical (unpaired) electrons. The molecule has 4 nitrogen and oxygen atoms in total. The number of amides is 1. The van der Waals surface area contributed by atoms with Crippen molar-refractivity contribution < 1.29 is 13.9 Å². The van der Waals surface area contributed by atoms with Gasteiger partial charge in [0.25, 0.3) is 0 Å². The molecule has 5 heteroatoms. The first-order valence-electron chi connectivity index (χ1n) is 9.38. The molecular formula is C21H29FN2O2. The highest BCUT2D eigenvalue weighted by Crippen LogP contribution is 2.58. The SMILES string of the molecule is CN(C)C(=O)C12CCC(c3ccc(OCC(=CF)CN)cc3)(CC1)CC2. The van der Waals surface area contributed by atoms with Gasteiger partial charge >= 0.3 is 0 Å². The number of halogens is 1. The third kappa shape index (κ3) is 3.37. The van der Waals surface area contributed by atoms with E-state index in [-0.39, 0.29) is 24.0 Å². The number of rotatable bonds is 6. The summed E-state index contributed by atoms with van der Waals surface area (Å²) in [5.74, 6) is 1.02.